The summed E-state index contributed by atoms with van der Waals surface area (Å²) in [5.74, 6) is 0.444. The van der Waals surface area contributed by atoms with Gasteiger partial charge in [0.15, 0.2) is 11.5 Å². The van der Waals surface area contributed by atoms with Gasteiger partial charge < -0.3 is 14.6 Å². The summed E-state index contributed by atoms with van der Waals surface area (Å²) in [6.07, 6.45) is 0. The minimum atomic E-state index is -0.978. The molecule has 0 saturated heterocycles. The molecule has 0 saturated carbocycles. The number of methoxy groups -OCH3 is 1. The number of carboxylic acids is 1. The standard InChI is InChI=1S/C12H16O4/c1-8(2)7-16-10-5-4-9(12(13)14)6-11(10)15-3/h4-6,8H,7H2,1-3H3,(H,13,14). The molecule has 0 spiro atoms. The van der Waals surface area contributed by atoms with E-state index in [2.05, 4.69) is 0 Å². The molecule has 0 aliphatic carbocycles. The number of hydrogen-bond acceptors (Lipinski definition) is 3. The van der Waals surface area contributed by atoms with E-state index in [9.17, 15) is 4.79 Å². The molecule has 1 N–H and O–H groups in total. The molecule has 0 fully saturated rings. The van der Waals surface area contributed by atoms with Gasteiger partial charge in [0.25, 0.3) is 0 Å². The second-order valence-electron chi connectivity index (χ2n) is 3.88. The molecule has 16 heavy (non-hydrogen) atoms. The summed E-state index contributed by atoms with van der Waals surface area (Å²) in [6.45, 7) is 4.65. The quantitative estimate of drug-likeness (QED) is 0.834. The first kappa shape index (κ1) is 12.4. The van der Waals surface area contributed by atoms with E-state index in [1.807, 2.05) is 13.8 Å². The Morgan fingerprint density at radius 2 is 2.06 bits per heavy atom. The SMILES string of the molecule is COc1cc(C(=O)O)ccc1OCC(C)C. The van der Waals surface area contributed by atoms with Crippen molar-refractivity contribution in [1.82, 2.24) is 0 Å². The second kappa shape index (κ2) is 5.39. The number of carboxylic acid groups (broad SMARTS) is 1. The minimum Gasteiger partial charge on any atom is -0.493 e. The molecule has 88 valence electrons. The summed E-state index contributed by atoms with van der Waals surface area (Å²) < 4.78 is 10.6. The number of rotatable bonds is 5. The lowest BCUT2D eigenvalue weighted by Gasteiger charge is -2.12. The minimum absolute atomic E-state index is 0.189. The van der Waals surface area contributed by atoms with Crippen LogP contribution in [0.3, 0.4) is 0 Å². The van der Waals surface area contributed by atoms with E-state index < -0.39 is 5.97 Å². The van der Waals surface area contributed by atoms with Crippen LogP contribution in [0.2, 0.25) is 0 Å². The highest BCUT2D eigenvalue weighted by Crippen LogP contribution is 2.28. The lowest BCUT2D eigenvalue weighted by atomic mass is 10.2. The van der Waals surface area contributed by atoms with Gasteiger partial charge >= 0.3 is 5.97 Å². The number of hydrogen-bond donors (Lipinski definition) is 1. The van der Waals surface area contributed by atoms with Gasteiger partial charge in [0.2, 0.25) is 0 Å². The number of aromatic carboxylic acids is 1. The molecule has 4 heteroatoms. The summed E-state index contributed by atoms with van der Waals surface area (Å²) in [6, 6.07) is 4.57. The lowest BCUT2D eigenvalue weighted by Crippen LogP contribution is -2.06. The lowest BCUT2D eigenvalue weighted by molar-refractivity contribution is 0.0696. The van der Waals surface area contributed by atoms with Crippen molar-refractivity contribution >= 4 is 5.97 Å². The van der Waals surface area contributed by atoms with Crippen molar-refractivity contribution < 1.29 is 19.4 Å². The van der Waals surface area contributed by atoms with E-state index in [4.69, 9.17) is 14.6 Å². The first-order valence-electron chi connectivity index (χ1n) is 5.08. The van der Waals surface area contributed by atoms with E-state index >= 15 is 0 Å². The third kappa shape index (κ3) is 3.15. The fourth-order valence-corrected chi connectivity index (χ4v) is 1.18. The monoisotopic (exact) mass is 224 g/mol. The van der Waals surface area contributed by atoms with Gasteiger partial charge in [-0.05, 0) is 24.1 Å². The molecule has 0 bridgehead atoms. The molecule has 1 aromatic carbocycles. The summed E-state index contributed by atoms with van der Waals surface area (Å²) in [5, 5.41) is 8.82. The topological polar surface area (TPSA) is 55.8 Å². The molecular weight excluding hydrogens is 208 g/mol. The molecule has 0 atom stereocenters. The average molecular weight is 224 g/mol. The highest BCUT2D eigenvalue weighted by atomic mass is 16.5. The maximum Gasteiger partial charge on any atom is 0.335 e. The Labute approximate surface area is 94.8 Å². The van der Waals surface area contributed by atoms with Crippen molar-refractivity contribution in [3.63, 3.8) is 0 Å². The summed E-state index contributed by atoms with van der Waals surface area (Å²) in [7, 11) is 1.49. The van der Waals surface area contributed by atoms with Crippen LogP contribution in [0, 0.1) is 5.92 Å². The van der Waals surface area contributed by atoms with Crippen molar-refractivity contribution in [3.8, 4) is 11.5 Å². The molecule has 4 nitrogen and oxygen atoms in total. The molecule has 0 amide bonds. The van der Waals surface area contributed by atoms with Crippen LogP contribution >= 0.6 is 0 Å². The van der Waals surface area contributed by atoms with Gasteiger partial charge in [-0.3, -0.25) is 0 Å². The van der Waals surface area contributed by atoms with Gasteiger partial charge in [-0.15, -0.1) is 0 Å². The van der Waals surface area contributed by atoms with Crippen molar-refractivity contribution in [2.24, 2.45) is 5.92 Å². The fraction of sp³-hybridized carbons (Fsp3) is 0.417. The van der Waals surface area contributed by atoms with Crippen molar-refractivity contribution in [3.05, 3.63) is 23.8 Å². The van der Waals surface area contributed by atoms with Gasteiger partial charge in [0, 0.05) is 0 Å². The van der Waals surface area contributed by atoms with Crippen molar-refractivity contribution in [1.29, 1.82) is 0 Å². The van der Waals surface area contributed by atoms with Crippen LogP contribution in [-0.4, -0.2) is 24.8 Å². The van der Waals surface area contributed by atoms with E-state index in [1.54, 1.807) is 6.07 Å². The third-order valence-corrected chi connectivity index (χ3v) is 1.98. The van der Waals surface area contributed by atoms with Gasteiger partial charge in [-0.1, -0.05) is 13.8 Å². The highest BCUT2D eigenvalue weighted by molar-refractivity contribution is 5.88. The molecule has 0 aliphatic rings. The smallest absolute Gasteiger partial charge is 0.335 e. The number of carbonyl (C=O) groups is 1. The van der Waals surface area contributed by atoms with Gasteiger partial charge in [0.1, 0.15) is 0 Å². The van der Waals surface area contributed by atoms with Crippen LogP contribution in [0.1, 0.15) is 24.2 Å². The first-order chi connectivity index (χ1) is 7.54. The third-order valence-electron chi connectivity index (χ3n) is 1.98. The normalized spacial score (nSPS) is 10.2. The zero-order valence-corrected chi connectivity index (χ0v) is 9.69. The predicted octanol–water partition coefficient (Wildman–Crippen LogP) is 2.43. The zero-order chi connectivity index (χ0) is 12.1. The number of ether oxygens (including phenoxy) is 2. The molecule has 0 aliphatic heterocycles. The Morgan fingerprint density at radius 3 is 2.56 bits per heavy atom. The maximum absolute atomic E-state index is 10.8. The molecule has 1 aromatic rings. The Balaban J connectivity index is 2.89. The van der Waals surface area contributed by atoms with Crippen LogP contribution in [0.5, 0.6) is 11.5 Å². The largest absolute Gasteiger partial charge is 0.493 e. The van der Waals surface area contributed by atoms with Crippen LogP contribution in [-0.2, 0) is 0 Å². The van der Waals surface area contributed by atoms with E-state index in [-0.39, 0.29) is 5.56 Å². The molecule has 0 heterocycles. The summed E-state index contributed by atoms with van der Waals surface area (Å²) in [5.41, 5.74) is 0.189. The van der Waals surface area contributed by atoms with E-state index in [0.29, 0.717) is 24.0 Å². The Hall–Kier alpha value is -1.71. The van der Waals surface area contributed by atoms with Gasteiger partial charge in [-0.2, -0.15) is 0 Å². The van der Waals surface area contributed by atoms with Gasteiger partial charge in [-0.25, -0.2) is 4.79 Å². The summed E-state index contributed by atoms with van der Waals surface area (Å²) >= 11 is 0. The molecule has 0 radical (unpaired) electrons. The zero-order valence-electron chi connectivity index (χ0n) is 9.69. The average Bonchev–Trinajstić information content (AvgIpc) is 2.25. The van der Waals surface area contributed by atoms with Crippen molar-refractivity contribution in [2.75, 3.05) is 13.7 Å². The van der Waals surface area contributed by atoms with E-state index in [0.717, 1.165) is 0 Å². The Morgan fingerprint density at radius 1 is 1.38 bits per heavy atom. The second-order valence-corrected chi connectivity index (χ2v) is 3.88. The predicted molar refractivity (Wildman–Crippen MR) is 60.3 cm³/mol. The molecule has 0 unspecified atom stereocenters. The molecule has 1 rings (SSSR count). The maximum atomic E-state index is 10.8. The molecular formula is C12H16O4. The fourth-order valence-electron chi connectivity index (χ4n) is 1.18. The van der Waals surface area contributed by atoms with E-state index in [1.165, 1.54) is 19.2 Å². The van der Waals surface area contributed by atoms with Crippen LogP contribution in [0.25, 0.3) is 0 Å². The van der Waals surface area contributed by atoms with Gasteiger partial charge in [0.05, 0.1) is 19.3 Å². The molecule has 0 aromatic heterocycles. The highest BCUT2D eigenvalue weighted by Gasteiger charge is 2.10. The van der Waals surface area contributed by atoms with Crippen molar-refractivity contribution in [2.45, 2.75) is 13.8 Å². The van der Waals surface area contributed by atoms with Crippen LogP contribution in [0.4, 0.5) is 0 Å². The Kier molecular flexibility index (Phi) is 4.17. The van der Waals surface area contributed by atoms with Crippen LogP contribution < -0.4 is 9.47 Å². The number of benzene rings is 1. The first-order valence-corrected chi connectivity index (χ1v) is 5.08. The Bertz CT molecular complexity index is 371. The summed E-state index contributed by atoms with van der Waals surface area (Å²) in [4.78, 5) is 10.8. The van der Waals surface area contributed by atoms with Crippen LogP contribution in [0.15, 0.2) is 18.2 Å².